The molecule has 11 heteroatoms. The summed E-state index contributed by atoms with van der Waals surface area (Å²) in [5, 5.41) is 26.0. The van der Waals surface area contributed by atoms with Gasteiger partial charge in [-0.1, -0.05) is 31.5 Å². The molecule has 0 bridgehead atoms. The van der Waals surface area contributed by atoms with Gasteiger partial charge < -0.3 is 21.3 Å². The van der Waals surface area contributed by atoms with Gasteiger partial charge in [0.05, 0.1) is 18.1 Å². The van der Waals surface area contributed by atoms with Crippen molar-refractivity contribution in [3.05, 3.63) is 34.3 Å². The van der Waals surface area contributed by atoms with Crippen molar-refractivity contribution in [3.8, 4) is 0 Å². The van der Waals surface area contributed by atoms with Gasteiger partial charge in [-0.3, -0.25) is 14.9 Å². The second kappa shape index (κ2) is 9.83. The zero-order valence-corrected chi connectivity index (χ0v) is 17.9. The molecule has 1 heterocycles. The molecular formula is C20H27ClF3N3O4. The Morgan fingerprint density at radius 3 is 2.48 bits per heavy atom. The van der Waals surface area contributed by atoms with Crippen LogP contribution in [-0.4, -0.2) is 53.0 Å². The third kappa shape index (κ3) is 6.17. The lowest BCUT2D eigenvalue weighted by atomic mass is 9.77. The van der Waals surface area contributed by atoms with Crippen LogP contribution in [-0.2, 0) is 22.6 Å². The van der Waals surface area contributed by atoms with Crippen molar-refractivity contribution in [3.63, 3.8) is 0 Å². The standard InChI is InChI=1S/C20H27ClF3N3O4/c1-19(2,15(28)6-11-5-13(21)4-3-10(11)8-25)16(29)18(31)27-17(30)14-7-12(9-26-14)20(22,23)24/h3-5,12,14-16,26,28-29H,6-9,25H2,1-2H3,(H,27,30,31)/t12?,14-,15?,16?/m0/s1. The van der Waals surface area contributed by atoms with Gasteiger partial charge >= 0.3 is 6.18 Å². The van der Waals surface area contributed by atoms with Crippen molar-refractivity contribution in [2.45, 2.75) is 57.7 Å². The highest BCUT2D eigenvalue weighted by Gasteiger charge is 2.47. The Bertz CT molecular complexity index is 819. The van der Waals surface area contributed by atoms with Crippen LogP contribution in [0.15, 0.2) is 18.2 Å². The van der Waals surface area contributed by atoms with E-state index in [1.165, 1.54) is 13.8 Å². The molecule has 0 aromatic heterocycles. The zero-order valence-electron chi connectivity index (χ0n) is 17.2. The number of hydrogen-bond acceptors (Lipinski definition) is 6. The third-order valence-corrected chi connectivity index (χ3v) is 6.01. The van der Waals surface area contributed by atoms with Gasteiger partial charge in [-0.15, -0.1) is 0 Å². The number of alkyl halides is 3. The monoisotopic (exact) mass is 465 g/mol. The number of rotatable bonds is 7. The molecule has 1 aromatic rings. The van der Waals surface area contributed by atoms with E-state index in [4.69, 9.17) is 17.3 Å². The fourth-order valence-electron chi connectivity index (χ4n) is 3.44. The van der Waals surface area contributed by atoms with Gasteiger partial charge in [0.25, 0.3) is 5.91 Å². The minimum absolute atomic E-state index is 0.0375. The maximum Gasteiger partial charge on any atom is 0.393 e. The van der Waals surface area contributed by atoms with Crippen LogP contribution in [0.5, 0.6) is 0 Å². The molecule has 7 nitrogen and oxygen atoms in total. The Hall–Kier alpha value is -1.72. The van der Waals surface area contributed by atoms with Crippen LogP contribution in [0, 0.1) is 11.3 Å². The topological polar surface area (TPSA) is 125 Å². The summed E-state index contributed by atoms with van der Waals surface area (Å²) in [5.74, 6) is -3.74. The van der Waals surface area contributed by atoms with Crippen LogP contribution < -0.4 is 16.4 Å². The maximum absolute atomic E-state index is 12.8. The normalized spacial score (nSPS) is 21.6. The van der Waals surface area contributed by atoms with Crippen molar-refractivity contribution in [2.75, 3.05) is 6.54 Å². The van der Waals surface area contributed by atoms with E-state index in [1.54, 1.807) is 18.2 Å². The number of nitrogens with two attached hydrogens (primary N) is 1. The van der Waals surface area contributed by atoms with E-state index in [0.717, 1.165) is 5.56 Å². The molecule has 2 rings (SSSR count). The first-order valence-electron chi connectivity index (χ1n) is 9.75. The predicted octanol–water partition coefficient (Wildman–Crippen LogP) is 1.27. The summed E-state index contributed by atoms with van der Waals surface area (Å²) < 4.78 is 38.3. The molecule has 6 N–H and O–H groups in total. The number of aliphatic hydroxyl groups excluding tert-OH is 2. The Balaban J connectivity index is 2.02. The molecule has 0 saturated carbocycles. The molecule has 2 amide bonds. The summed E-state index contributed by atoms with van der Waals surface area (Å²) in [6.07, 6.45) is -7.92. The molecule has 1 fully saturated rings. The van der Waals surface area contributed by atoms with Gasteiger partial charge in [0.1, 0.15) is 6.10 Å². The quantitative estimate of drug-likeness (QED) is 0.413. The van der Waals surface area contributed by atoms with Gasteiger partial charge in [0.2, 0.25) is 5.91 Å². The largest absolute Gasteiger partial charge is 0.393 e. The summed E-state index contributed by atoms with van der Waals surface area (Å²) in [6.45, 7) is 2.65. The number of nitrogens with one attached hydrogen (secondary N) is 2. The lowest BCUT2D eigenvalue weighted by Gasteiger charge is -2.34. The first-order valence-corrected chi connectivity index (χ1v) is 10.1. The fraction of sp³-hybridized carbons (Fsp3) is 0.600. The molecule has 1 aliphatic heterocycles. The van der Waals surface area contributed by atoms with E-state index in [9.17, 15) is 33.0 Å². The van der Waals surface area contributed by atoms with Gasteiger partial charge in [-0.2, -0.15) is 13.2 Å². The number of amides is 2. The number of carbonyl (C=O) groups is 2. The van der Waals surface area contributed by atoms with Crippen molar-refractivity contribution in [2.24, 2.45) is 17.1 Å². The van der Waals surface area contributed by atoms with Gasteiger partial charge in [-0.05, 0) is 36.1 Å². The Labute approximate surface area is 183 Å². The number of imide groups is 1. The van der Waals surface area contributed by atoms with E-state index >= 15 is 0 Å². The second-order valence-electron chi connectivity index (χ2n) is 8.35. The molecular weight excluding hydrogens is 439 g/mol. The summed E-state index contributed by atoms with van der Waals surface area (Å²) in [7, 11) is 0. The van der Waals surface area contributed by atoms with Crippen molar-refractivity contribution in [1.29, 1.82) is 0 Å². The summed E-state index contributed by atoms with van der Waals surface area (Å²) in [6, 6.07) is 3.79. The second-order valence-corrected chi connectivity index (χ2v) is 8.79. The molecule has 1 aliphatic rings. The number of halogens is 4. The molecule has 4 atom stereocenters. The van der Waals surface area contributed by atoms with Crippen LogP contribution in [0.3, 0.4) is 0 Å². The van der Waals surface area contributed by atoms with Crippen LogP contribution in [0.4, 0.5) is 13.2 Å². The Kier molecular flexibility index (Phi) is 8.10. The average Bonchev–Trinajstić information content (AvgIpc) is 3.18. The van der Waals surface area contributed by atoms with Crippen molar-refractivity contribution < 1.29 is 33.0 Å². The van der Waals surface area contributed by atoms with Crippen LogP contribution in [0.1, 0.15) is 31.4 Å². The van der Waals surface area contributed by atoms with E-state index in [0.29, 0.717) is 10.6 Å². The highest BCUT2D eigenvalue weighted by molar-refractivity contribution is 6.30. The number of benzene rings is 1. The number of hydrogen-bond donors (Lipinski definition) is 5. The van der Waals surface area contributed by atoms with Crippen LogP contribution in [0.25, 0.3) is 0 Å². The van der Waals surface area contributed by atoms with Crippen molar-refractivity contribution in [1.82, 2.24) is 10.6 Å². The van der Waals surface area contributed by atoms with Gasteiger partial charge in [-0.25, -0.2) is 0 Å². The summed E-state index contributed by atoms with van der Waals surface area (Å²) in [5.41, 5.74) is 5.68. The lowest BCUT2D eigenvalue weighted by molar-refractivity contribution is -0.169. The van der Waals surface area contributed by atoms with Crippen LogP contribution in [0.2, 0.25) is 5.02 Å². The molecule has 0 radical (unpaired) electrons. The smallest absolute Gasteiger partial charge is 0.392 e. The minimum Gasteiger partial charge on any atom is -0.392 e. The van der Waals surface area contributed by atoms with E-state index in [2.05, 4.69) is 5.32 Å². The molecule has 174 valence electrons. The first kappa shape index (κ1) is 25.5. The molecule has 1 saturated heterocycles. The predicted molar refractivity (Wildman–Crippen MR) is 108 cm³/mol. The summed E-state index contributed by atoms with van der Waals surface area (Å²) in [4.78, 5) is 24.6. The highest BCUT2D eigenvalue weighted by Crippen LogP contribution is 2.33. The third-order valence-electron chi connectivity index (χ3n) is 5.77. The van der Waals surface area contributed by atoms with Gasteiger partial charge in [0, 0.05) is 23.5 Å². The Morgan fingerprint density at radius 1 is 1.29 bits per heavy atom. The van der Waals surface area contributed by atoms with E-state index < -0.39 is 60.5 Å². The van der Waals surface area contributed by atoms with Crippen LogP contribution >= 0.6 is 11.6 Å². The highest BCUT2D eigenvalue weighted by atomic mass is 35.5. The SMILES string of the molecule is CC(C)(C(O)Cc1cc(Cl)ccc1CN)C(O)C(=O)NC(=O)[C@@H]1CC(C(F)(F)F)CN1. The zero-order chi connectivity index (χ0) is 23.6. The molecule has 0 aliphatic carbocycles. The van der Waals surface area contributed by atoms with Crippen molar-refractivity contribution >= 4 is 23.4 Å². The Morgan fingerprint density at radius 2 is 1.94 bits per heavy atom. The lowest BCUT2D eigenvalue weighted by Crippen LogP contribution is -2.53. The fourth-order valence-corrected chi connectivity index (χ4v) is 3.63. The van der Waals surface area contributed by atoms with E-state index in [1.807, 2.05) is 5.32 Å². The van der Waals surface area contributed by atoms with Gasteiger partial charge in [0.15, 0.2) is 0 Å². The first-order chi connectivity index (χ1) is 14.3. The minimum atomic E-state index is -4.44. The maximum atomic E-state index is 12.8. The molecule has 0 spiro atoms. The summed E-state index contributed by atoms with van der Waals surface area (Å²) >= 11 is 5.99. The number of aliphatic hydroxyl groups is 2. The number of carbonyl (C=O) groups excluding carboxylic acids is 2. The molecule has 3 unspecified atom stereocenters. The average molecular weight is 466 g/mol. The van der Waals surface area contributed by atoms with E-state index in [-0.39, 0.29) is 13.0 Å². The molecule has 31 heavy (non-hydrogen) atoms. The molecule has 1 aromatic carbocycles.